The van der Waals surface area contributed by atoms with Gasteiger partial charge < -0.3 is 5.32 Å². The number of rotatable bonds is 3. The van der Waals surface area contributed by atoms with E-state index in [-0.39, 0.29) is 5.56 Å². The molecule has 0 aliphatic carbocycles. The Bertz CT molecular complexity index is 786. The molecule has 1 unspecified atom stereocenters. The quantitative estimate of drug-likeness (QED) is 0.800. The van der Waals surface area contributed by atoms with Crippen LogP contribution in [-0.2, 0) is 0 Å². The smallest absolute Gasteiger partial charge is 0.273 e. The van der Waals surface area contributed by atoms with Gasteiger partial charge in [0.1, 0.15) is 0 Å². The van der Waals surface area contributed by atoms with E-state index in [1.807, 2.05) is 43.4 Å². The van der Waals surface area contributed by atoms with Crippen molar-refractivity contribution in [3.05, 3.63) is 64.4 Å². The Balaban J connectivity index is 2.07. The van der Waals surface area contributed by atoms with Crippen LogP contribution in [-0.4, -0.2) is 11.0 Å². The van der Waals surface area contributed by atoms with Gasteiger partial charge in [0.25, 0.3) is 5.56 Å². The predicted molar refractivity (Wildman–Crippen MR) is 84.9 cm³/mol. The molecule has 1 aromatic heterocycles. The first-order valence-corrected chi connectivity index (χ1v) is 7.36. The zero-order valence-corrected chi connectivity index (χ0v) is 12.3. The van der Waals surface area contributed by atoms with Gasteiger partial charge in [0.15, 0.2) is 0 Å². The summed E-state index contributed by atoms with van der Waals surface area (Å²) in [4.78, 5) is 12.4. The van der Waals surface area contributed by atoms with Crippen LogP contribution in [0, 0.1) is 0 Å². The van der Waals surface area contributed by atoms with E-state index in [9.17, 15) is 4.79 Å². The second kappa shape index (κ2) is 5.23. The van der Waals surface area contributed by atoms with E-state index in [0.29, 0.717) is 6.04 Å². The van der Waals surface area contributed by atoms with Crippen LogP contribution in [0.4, 0.5) is 0 Å². The van der Waals surface area contributed by atoms with Gasteiger partial charge in [-0.2, -0.15) is 0 Å². The summed E-state index contributed by atoms with van der Waals surface area (Å²) in [6.45, 7) is 2.11. The van der Waals surface area contributed by atoms with Gasteiger partial charge >= 0.3 is 0 Å². The lowest BCUT2D eigenvalue weighted by Gasteiger charge is -2.10. The molecule has 20 heavy (non-hydrogen) atoms. The SMILES string of the molecule is CNC(C)c1ccc(-n2sc3ccccc3c2=O)cc1. The van der Waals surface area contributed by atoms with E-state index < -0.39 is 0 Å². The van der Waals surface area contributed by atoms with Crippen molar-refractivity contribution in [2.45, 2.75) is 13.0 Å². The summed E-state index contributed by atoms with van der Waals surface area (Å²) in [5, 5.41) is 3.99. The molecule has 3 aromatic rings. The van der Waals surface area contributed by atoms with Crippen LogP contribution in [0.2, 0.25) is 0 Å². The maximum Gasteiger partial charge on any atom is 0.273 e. The second-order valence-electron chi connectivity index (χ2n) is 4.79. The van der Waals surface area contributed by atoms with Gasteiger partial charge in [0.05, 0.1) is 15.8 Å². The first-order valence-electron chi connectivity index (χ1n) is 6.59. The van der Waals surface area contributed by atoms with Crippen LogP contribution < -0.4 is 10.9 Å². The van der Waals surface area contributed by atoms with Gasteiger partial charge in [-0.15, -0.1) is 0 Å². The highest BCUT2D eigenvalue weighted by molar-refractivity contribution is 7.14. The molecule has 3 nitrogen and oxygen atoms in total. The summed E-state index contributed by atoms with van der Waals surface area (Å²) in [5.74, 6) is 0. The van der Waals surface area contributed by atoms with Crippen LogP contribution >= 0.6 is 11.5 Å². The third kappa shape index (κ3) is 2.17. The van der Waals surface area contributed by atoms with Gasteiger partial charge in [-0.05, 0) is 43.8 Å². The average Bonchev–Trinajstić information content (AvgIpc) is 2.84. The van der Waals surface area contributed by atoms with Gasteiger partial charge in [-0.1, -0.05) is 35.8 Å². The lowest BCUT2D eigenvalue weighted by molar-refractivity contribution is 0.652. The number of aromatic nitrogens is 1. The third-order valence-corrected chi connectivity index (χ3v) is 4.66. The van der Waals surface area contributed by atoms with Crippen molar-refractivity contribution in [2.24, 2.45) is 0 Å². The van der Waals surface area contributed by atoms with Crippen molar-refractivity contribution >= 4 is 21.6 Å². The van der Waals surface area contributed by atoms with Crippen LogP contribution in [0.3, 0.4) is 0 Å². The predicted octanol–water partition coefficient (Wildman–Crippen LogP) is 3.33. The standard InChI is InChI=1S/C16H16N2OS/c1-11(17-2)12-7-9-13(10-8-12)18-16(19)14-5-3-4-6-15(14)20-18/h3-11,17H,1-2H3. The molecule has 3 rings (SSSR count). The molecule has 2 aromatic carbocycles. The van der Waals surface area contributed by atoms with E-state index in [0.717, 1.165) is 15.8 Å². The van der Waals surface area contributed by atoms with Crippen molar-refractivity contribution in [3.8, 4) is 5.69 Å². The van der Waals surface area contributed by atoms with E-state index >= 15 is 0 Å². The molecule has 0 saturated carbocycles. The Morgan fingerprint density at radius 1 is 1.10 bits per heavy atom. The summed E-state index contributed by atoms with van der Waals surface area (Å²) >= 11 is 1.49. The molecular weight excluding hydrogens is 268 g/mol. The zero-order chi connectivity index (χ0) is 14.1. The highest BCUT2D eigenvalue weighted by Gasteiger charge is 2.09. The average molecular weight is 284 g/mol. The molecule has 0 radical (unpaired) electrons. The van der Waals surface area contributed by atoms with E-state index in [2.05, 4.69) is 24.4 Å². The summed E-state index contributed by atoms with van der Waals surface area (Å²) in [6, 6.07) is 16.2. The van der Waals surface area contributed by atoms with Crippen LogP contribution in [0.1, 0.15) is 18.5 Å². The molecule has 0 amide bonds. The van der Waals surface area contributed by atoms with Crippen LogP contribution in [0.25, 0.3) is 15.8 Å². The van der Waals surface area contributed by atoms with Gasteiger partial charge in [-0.3, -0.25) is 4.79 Å². The Morgan fingerprint density at radius 2 is 1.80 bits per heavy atom. The van der Waals surface area contributed by atoms with Crippen molar-refractivity contribution < 1.29 is 0 Å². The Hall–Kier alpha value is -1.91. The van der Waals surface area contributed by atoms with Crippen LogP contribution in [0.5, 0.6) is 0 Å². The minimum Gasteiger partial charge on any atom is -0.313 e. The second-order valence-corrected chi connectivity index (χ2v) is 5.78. The molecule has 1 heterocycles. The number of hydrogen-bond donors (Lipinski definition) is 1. The van der Waals surface area contributed by atoms with Gasteiger partial charge in [0.2, 0.25) is 0 Å². The summed E-state index contributed by atoms with van der Waals surface area (Å²) in [5.41, 5.74) is 2.19. The molecule has 1 atom stereocenters. The summed E-state index contributed by atoms with van der Waals surface area (Å²) in [6.07, 6.45) is 0. The minimum absolute atomic E-state index is 0.0556. The molecule has 0 aliphatic heterocycles. The Morgan fingerprint density at radius 3 is 2.45 bits per heavy atom. The lowest BCUT2D eigenvalue weighted by atomic mass is 10.1. The largest absolute Gasteiger partial charge is 0.313 e. The summed E-state index contributed by atoms with van der Waals surface area (Å²) < 4.78 is 2.77. The Kier molecular flexibility index (Phi) is 3.42. The highest BCUT2D eigenvalue weighted by Crippen LogP contribution is 2.21. The Labute approximate surface area is 121 Å². The molecule has 1 N–H and O–H groups in total. The van der Waals surface area contributed by atoms with Crippen LogP contribution in [0.15, 0.2) is 53.3 Å². The number of hydrogen-bond acceptors (Lipinski definition) is 3. The fourth-order valence-corrected chi connectivity index (χ4v) is 3.21. The molecule has 0 fully saturated rings. The number of nitrogens with one attached hydrogen (secondary N) is 1. The van der Waals surface area contributed by atoms with Crippen molar-refractivity contribution in [1.82, 2.24) is 9.27 Å². The normalized spacial score (nSPS) is 12.7. The van der Waals surface area contributed by atoms with Gasteiger partial charge in [-0.25, -0.2) is 3.96 Å². The molecule has 0 spiro atoms. The fourth-order valence-electron chi connectivity index (χ4n) is 2.21. The first kappa shape index (κ1) is 13.1. The van der Waals surface area contributed by atoms with E-state index in [4.69, 9.17) is 0 Å². The molecule has 4 heteroatoms. The maximum absolute atomic E-state index is 12.4. The lowest BCUT2D eigenvalue weighted by Crippen LogP contribution is -2.13. The van der Waals surface area contributed by atoms with Crippen molar-refractivity contribution in [3.63, 3.8) is 0 Å². The number of fused-ring (bicyclic) bond motifs is 1. The maximum atomic E-state index is 12.4. The van der Waals surface area contributed by atoms with E-state index in [1.54, 1.807) is 3.96 Å². The topological polar surface area (TPSA) is 34.0 Å². The van der Waals surface area contributed by atoms with E-state index in [1.165, 1.54) is 17.1 Å². The van der Waals surface area contributed by atoms with Gasteiger partial charge in [0, 0.05) is 6.04 Å². The zero-order valence-electron chi connectivity index (χ0n) is 11.5. The summed E-state index contributed by atoms with van der Waals surface area (Å²) in [7, 11) is 1.94. The fraction of sp³-hybridized carbons (Fsp3) is 0.188. The molecule has 102 valence electrons. The molecular formula is C16H16N2OS. The third-order valence-electron chi connectivity index (χ3n) is 3.55. The van der Waals surface area contributed by atoms with Crippen molar-refractivity contribution in [1.29, 1.82) is 0 Å². The first-order chi connectivity index (χ1) is 9.70. The molecule has 0 aliphatic rings. The van der Waals surface area contributed by atoms with Crippen molar-refractivity contribution in [2.75, 3.05) is 7.05 Å². The highest BCUT2D eigenvalue weighted by atomic mass is 32.1. The molecule has 0 saturated heterocycles. The number of nitrogens with zero attached hydrogens (tertiary/aromatic N) is 1. The molecule has 0 bridgehead atoms. The number of benzene rings is 2. The minimum atomic E-state index is 0.0556. The monoisotopic (exact) mass is 284 g/mol.